The second-order valence-electron chi connectivity index (χ2n) is 6.77. The zero-order chi connectivity index (χ0) is 16.9. The lowest BCUT2D eigenvalue weighted by atomic mass is 9.89. The van der Waals surface area contributed by atoms with Crippen molar-refractivity contribution in [1.82, 2.24) is 10.6 Å². The SMILES string of the molecule is C=CCNC(=O)c1ccccc1NC(=O)CC1CC2CCC(C1)N2.Cl. The number of halogens is 1. The van der Waals surface area contributed by atoms with Gasteiger partial charge in [0.2, 0.25) is 5.91 Å². The highest BCUT2D eigenvalue weighted by Crippen LogP contribution is 2.32. The number of piperidine rings is 1. The van der Waals surface area contributed by atoms with Crippen LogP contribution in [0.2, 0.25) is 0 Å². The zero-order valence-corrected chi connectivity index (χ0v) is 15.1. The van der Waals surface area contributed by atoms with E-state index >= 15 is 0 Å². The van der Waals surface area contributed by atoms with Gasteiger partial charge in [0, 0.05) is 25.0 Å². The van der Waals surface area contributed by atoms with Crippen LogP contribution in [-0.2, 0) is 4.79 Å². The number of anilines is 1. The number of fused-ring (bicyclic) bond motifs is 2. The molecule has 0 saturated carbocycles. The summed E-state index contributed by atoms with van der Waals surface area (Å²) in [6, 6.07) is 8.27. The van der Waals surface area contributed by atoms with Gasteiger partial charge in [-0.1, -0.05) is 18.2 Å². The third-order valence-corrected chi connectivity index (χ3v) is 4.90. The zero-order valence-electron chi connectivity index (χ0n) is 14.3. The molecule has 2 aliphatic heterocycles. The van der Waals surface area contributed by atoms with Gasteiger partial charge in [-0.3, -0.25) is 9.59 Å². The van der Waals surface area contributed by atoms with E-state index in [0.717, 1.165) is 12.8 Å². The molecule has 2 fully saturated rings. The van der Waals surface area contributed by atoms with Crippen LogP contribution in [0, 0.1) is 5.92 Å². The summed E-state index contributed by atoms with van der Waals surface area (Å²) in [5.74, 6) is 0.224. The third-order valence-electron chi connectivity index (χ3n) is 4.90. The van der Waals surface area contributed by atoms with Gasteiger partial charge in [-0.05, 0) is 43.7 Å². The van der Waals surface area contributed by atoms with Gasteiger partial charge in [-0.25, -0.2) is 0 Å². The maximum Gasteiger partial charge on any atom is 0.253 e. The number of carbonyl (C=O) groups excluding carboxylic acids is 2. The number of benzene rings is 1. The monoisotopic (exact) mass is 363 g/mol. The molecule has 2 aliphatic rings. The van der Waals surface area contributed by atoms with Crippen LogP contribution >= 0.6 is 12.4 Å². The summed E-state index contributed by atoms with van der Waals surface area (Å²) in [4.78, 5) is 24.6. The summed E-state index contributed by atoms with van der Waals surface area (Å²) in [7, 11) is 0. The highest BCUT2D eigenvalue weighted by atomic mass is 35.5. The highest BCUT2D eigenvalue weighted by Gasteiger charge is 2.34. The predicted molar refractivity (Wildman–Crippen MR) is 102 cm³/mol. The van der Waals surface area contributed by atoms with Crippen molar-refractivity contribution >= 4 is 29.9 Å². The number of amides is 2. The van der Waals surface area contributed by atoms with Crippen molar-refractivity contribution in [2.24, 2.45) is 5.92 Å². The van der Waals surface area contributed by atoms with Gasteiger partial charge < -0.3 is 16.0 Å². The first-order chi connectivity index (χ1) is 11.7. The number of nitrogens with one attached hydrogen (secondary N) is 3. The lowest BCUT2D eigenvalue weighted by Crippen LogP contribution is -2.39. The van der Waals surface area contributed by atoms with Crippen molar-refractivity contribution in [3.05, 3.63) is 42.5 Å². The Bertz CT molecular complexity index is 623. The molecule has 0 radical (unpaired) electrons. The van der Waals surface area contributed by atoms with Crippen molar-refractivity contribution in [2.75, 3.05) is 11.9 Å². The molecular formula is C19H26ClN3O2. The Labute approximate surface area is 155 Å². The maximum atomic E-state index is 12.4. The van der Waals surface area contributed by atoms with Crippen LogP contribution in [0.15, 0.2) is 36.9 Å². The fourth-order valence-corrected chi connectivity index (χ4v) is 3.86. The Balaban J connectivity index is 0.00000225. The lowest BCUT2D eigenvalue weighted by molar-refractivity contribution is -0.117. The molecule has 0 spiro atoms. The number of hydrogen-bond donors (Lipinski definition) is 3. The third kappa shape index (κ3) is 5.06. The Morgan fingerprint density at radius 3 is 2.56 bits per heavy atom. The predicted octanol–water partition coefficient (Wildman–Crippen LogP) is 2.88. The topological polar surface area (TPSA) is 70.2 Å². The molecule has 6 heteroatoms. The van der Waals surface area contributed by atoms with Crippen LogP contribution in [0.1, 0.15) is 42.5 Å². The van der Waals surface area contributed by atoms with Crippen LogP contribution in [0.25, 0.3) is 0 Å². The van der Waals surface area contributed by atoms with E-state index in [-0.39, 0.29) is 24.2 Å². The van der Waals surface area contributed by atoms with E-state index < -0.39 is 0 Å². The molecule has 2 amide bonds. The maximum absolute atomic E-state index is 12.4. The van der Waals surface area contributed by atoms with E-state index in [4.69, 9.17) is 0 Å². The first-order valence-electron chi connectivity index (χ1n) is 8.69. The van der Waals surface area contributed by atoms with Crippen molar-refractivity contribution in [3.63, 3.8) is 0 Å². The Morgan fingerprint density at radius 1 is 1.20 bits per heavy atom. The Morgan fingerprint density at radius 2 is 1.88 bits per heavy atom. The average molecular weight is 364 g/mol. The molecule has 2 atom stereocenters. The molecule has 136 valence electrons. The summed E-state index contributed by atoms with van der Waals surface area (Å²) < 4.78 is 0. The summed E-state index contributed by atoms with van der Waals surface area (Å²) in [5, 5.41) is 9.26. The number of rotatable bonds is 6. The van der Waals surface area contributed by atoms with Gasteiger partial charge in [-0.15, -0.1) is 19.0 Å². The normalized spacial score (nSPS) is 24.1. The molecule has 2 saturated heterocycles. The van der Waals surface area contributed by atoms with Gasteiger partial charge in [0.25, 0.3) is 5.91 Å². The fraction of sp³-hybridized carbons (Fsp3) is 0.474. The Kier molecular flexibility index (Phi) is 7.02. The van der Waals surface area contributed by atoms with Crippen LogP contribution in [0.3, 0.4) is 0 Å². The van der Waals surface area contributed by atoms with Crippen molar-refractivity contribution in [1.29, 1.82) is 0 Å². The molecule has 0 aromatic heterocycles. The molecule has 2 heterocycles. The number of hydrogen-bond acceptors (Lipinski definition) is 3. The van der Waals surface area contributed by atoms with Crippen LogP contribution in [-0.4, -0.2) is 30.4 Å². The summed E-state index contributed by atoms with van der Waals surface area (Å²) in [6.45, 7) is 3.99. The minimum absolute atomic E-state index is 0. The molecule has 0 aliphatic carbocycles. The van der Waals surface area contributed by atoms with Crippen LogP contribution < -0.4 is 16.0 Å². The second-order valence-corrected chi connectivity index (χ2v) is 6.77. The molecule has 1 aromatic rings. The number of para-hydroxylation sites is 1. The average Bonchev–Trinajstić information content (AvgIpc) is 2.91. The van der Waals surface area contributed by atoms with E-state index in [0.29, 0.717) is 42.2 Å². The Hall–Kier alpha value is -1.85. The van der Waals surface area contributed by atoms with E-state index in [1.165, 1.54) is 12.8 Å². The molecule has 2 bridgehead atoms. The highest BCUT2D eigenvalue weighted by molar-refractivity contribution is 6.03. The van der Waals surface area contributed by atoms with Crippen molar-refractivity contribution in [2.45, 2.75) is 44.2 Å². The van der Waals surface area contributed by atoms with Gasteiger partial charge in [0.15, 0.2) is 0 Å². The minimum atomic E-state index is -0.203. The van der Waals surface area contributed by atoms with Gasteiger partial charge >= 0.3 is 0 Å². The van der Waals surface area contributed by atoms with Crippen LogP contribution in [0.5, 0.6) is 0 Å². The van der Waals surface area contributed by atoms with Gasteiger partial charge in [0.05, 0.1) is 11.3 Å². The molecule has 3 rings (SSSR count). The largest absolute Gasteiger partial charge is 0.349 e. The first kappa shape index (κ1) is 19.5. The van der Waals surface area contributed by atoms with E-state index in [2.05, 4.69) is 22.5 Å². The molecule has 2 unspecified atom stereocenters. The van der Waals surface area contributed by atoms with E-state index in [1.54, 1.807) is 24.3 Å². The van der Waals surface area contributed by atoms with E-state index in [9.17, 15) is 9.59 Å². The van der Waals surface area contributed by atoms with Crippen molar-refractivity contribution in [3.8, 4) is 0 Å². The smallest absolute Gasteiger partial charge is 0.253 e. The van der Waals surface area contributed by atoms with Crippen molar-refractivity contribution < 1.29 is 9.59 Å². The number of carbonyl (C=O) groups is 2. The first-order valence-corrected chi connectivity index (χ1v) is 8.69. The standard InChI is InChI=1S/C19H25N3O2.ClH/c1-2-9-20-19(24)16-5-3-4-6-17(16)22-18(23)12-13-10-14-7-8-15(11-13)21-14;/h2-6,13-15,21H,1,7-12H2,(H,20,24)(H,22,23);1H. The molecule has 3 N–H and O–H groups in total. The summed E-state index contributed by atoms with van der Waals surface area (Å²) in [6.07, 6.45) is 6.77. The molecule has 5 nitrogen and oxygen atoms in total. The fourth-order valence-electron chi connectivity index (χ4n) is 3.86. The van der Waals surface area contributed by atoms with Gasteiger partial charge in [0.1, 0.15) is 0 Å². The van der Waals surface area contributed by atoms with Gasteiger partial charge in [-0.2, -0.15) is 0 Å². The second kappa shape index (κ2) is 9.02. The molecule has 25 heavy (non-hydrogen) atoms. The molecular weight excluding hydrogens is 338 g/mol. The van der Waals surface area contributed by atoms with Crippen LogP contribution in [0.4, 0.5) is 5.69 Å². The summed E-state index contributed by atoms with van der Waals surface area (Å²) in [5.41, 5.74) is 1.05. The quantitative estimate of drug-likeness (QED) is 0.680. The summed E-state index contributed by atoms with van der Waals surface area (Å²) >= 11 is 0. The minimum Gasteiger partial charge on any atom is -0.349 e. The van der Waals surface area contributed by atoms with E-state index in [1.807, 2.05) is 6.07 Å². The lowest BCUT2D eigenvalue weighted by Gasteiger charge is -2.28. The molecule has 1 aromatic carbocycles.